The average Bonchev–Trinajstić information content (AvgIpc) is 0.977. The van der Waals surface area contributed by atoms with Crippen LogP contribution in [0.4, 0.5) is 26.3 Å². The predicted molar refractivity (Wildman–Crippen MR) is 385 cm³/mol. The van der Waals surface area contributed by atoms with Gasteiger partial charge in [0.05, 0.1) is 40.6 Å². The Balaban J connectivity index is 0.000000160. The number of nitrogens with zero attached hydrogens (tertiary/aromatic N) is 12. The molecule has 2 saturated heterocycles. The van der Waals surface area contributed by atoms with Crippen molar-refractivity contribution >= 4 is 17.2 Å². The van der Waals surface area contributed by atoms with E-state index in [2.05, 4.69) is 89.9 Å². The number of fused-ring (bicyclic) bond motifs is 1. The summed E-state index contributed by atoms with van der Waals surface area (Å²) in [6.07, 6.45) is 7.59. The van der Waals surface area contributed by atoms with Crippen molar-refractivity contribution < 1.29 is 41.0 Å². The Hall–Kier alpha value is -10.7. The van der Waals surface area contributed by atoms with Crippen molar-refractivity contribution in [2.75, 3.05) is 46.3 Å². The van der Waals surface area contributed by atoms with Crippen LogP contribution >= 0.6 is 0 Å². The van der Waals surface area contributed by atoms with E-state index < -0.39 is 23.5 Å². The zero-order chi connectivity index (χ0) is 72.8. The van der Waals surface area contributed by atoms with Gasteiger partial charge in [0.2, 0.25) is 0 Å². The third-order valence-corrected chi connectivity index (χ3v) is 18.7. The van der Waals surface area contributed by atoms with Crippen molar-refractivity contribution in [2.24, 2.45) is 5.92 Å². The minimum atomic E-state index is -4.53. The molecule has 11 aromatic rings. The summed E-state index contributed by atoms with van der Waals surface area (Å²) >= 11 is 0. The van der Waals surface area contributed by atoms with Crippen molar-refractivity contribution in [1.29, 1.82) is 0 Å². The smallest absolute Gasteiger partial charge is 0.416 e. The molecule has 0 bridgehead atoms. The minimum Gasteiger partial charge on any atom is -0.508 e. The van der Waals surface area contributed by atoms with Gasteiger partial charge in [-0.05, 0) is 176 Å². The summed E-state index contributed by atoms with van der Waals surface area (Å²) in [5.74, 6) is 7.33. The second kappa shape index (κ2) is 33.4. The Morgan fingerprint density at radius 1 is 0.602 bits per heavy atom. The van der Waals surface area contributed by atoms with Crippen LogP contribution in [0.1, 0.15) is 137 Å². The highest BCUT2D eigenvalue weighted by Crippen LogP contribution is 2.37. The highest BCUT2D eigenvalue weighted by molar-refractivity contribution is 5.98. The van der Waals surface area contributed by atoms with Gasteiger partial charge >= 0.3 is 12.4 Å². The van der Waals surface area contributed by atoms with E-state index in [1.54, 1.807) is 84.2 Å². The number of imidazole rings is 1. The normalized spacial score (nSPS) is 14.6. The van der Waals surface area contributed by atoms with Gasteiger partial charge < -0.3 is 10.0 Å². The molecule has 0 aliphatic carbocycles. The maximum atomic E-state index is 14.0. The summed E-state index contributed by atoms with van der Waals surface area (Å²) in [5, 5.41) is 13.9. The second-order valence-corrected chi connectivity index (χ2v) is 26.5. The Morgan fingerprint density at radius 2 is 1.28 bits per heavy atom. The van der Waals surface area contributed by atoms with Gasteiger partial charge in [-0.1, -0.05) is 105 Å². The summed E-state index contributed by atoms with van der Waals surface area (Å²) < 4.78 is 85.4. The molecule has 7 heterocycles. The lowest BCUT2D eigenvalue weighted by Gasteiger charge is -2.33. The van der Waals surface area contributed by atoms with Crippen molar-refractivity contribution in [3.8, 4) is 40.1 Å². The fraction of sp³-hybridized carbons (Fsp3) is 0.293. The highest BCUT2D eigenvalue weighted by atomic mass is 19.4. The lowest BCUT2D eigenvalue weighted by atomic mass is 9.92. The number of ketones is 2. The number of halogens is 6. The van der Waals surface area contributed by atoms with Crippen LogP contribution < -0.4 is 0 Å². The van der Waals surface area contributed by atoms with Crippen LogP contribution in [-0.4, -0.2) is 122 Å². The van der Waals surface area contributed by atoms with Crippen molar-refractivity contribution in [2.45, 2.75) is 105 Å². The second-order valence-electron chi connectivity index (χ2n) is 26.5. The molecule has 0 saturated carbocycles. The van der Waals surface area contributed by atoms with Crippen LogP contribution in [-0.2, 0) is 51.1 Å². The van der Waals surface area contributed by atoms with Crippen LogP contribution in [0.3, 0.4) is 0 Å². The number of aryl methyl sites for hydroxylation is 3. The Morgan fingerprint density at radius 3 is 1.99 bits per heavy atom. The molecule has 0 amide bonds. The number of likely N-dealkylation sites (N-methyl/N-ethyl adjacent to an activating group) is 1. The zero-order valence-electron chi connectivity index (χ0n) is 58.4. The maximum Gasteiger partial charge on any atom is 0.416 e. The van der Waals surface area contributed by atoms with Crippen LogP contribution in [0.2, 0.25) is 0 Å². The van der Waals surface area contributed by atoms with Gasteiger partial charge in [0.1, 0.15) is 23.6 Å². The lowest BCUT2D eigenvalue weighted by molar-refractivity contribution is -0.139. The number of phenols is 1. The first kappa shape index (κ1) is 73.6. The van der Waals surface area contributed by atoms with Crippen molar-refractivity contribution in [1.82, 2.24) is 59.2 Å². The van der Waals surface area contributed by atoms with Gasteiger partial charge in [0.15, 0.2) is 17.2 Å². The number of piperazine rings is 1. The Kier molecular flexibility index (Phi) is 23.9. The molecule has 21 heteroatoms. The minimum absolute atomic E-state index is 0.00415. The molecule has 1 unspecified atom stereocenters. The third-order valence-electron chi connectivity index (χ3n) is 18.7. The number of hydrogen-bond acceptors (Lipinski definition) is 14. The topological polar surface area (TPSA) is 172 Å². The molecule has 5 aromatic heterocycles. The summed E-state index contributed by atoms with van der Waals surface area (Å²) in [6, 6.07) is 40.6. The number of alkyl halides is 6. The van der Waals surface area contributed by atoms with Crippen LogP contribution in [0, 0.1) is 38.5 Å². The van der Waals surface area contributed by atoms with Gasteiger partial charge in [-0.3, -0.25) is 24.4 Å². The fourth-order valence-electron chi connectivity index (χ4n) is 12.7. The van der Waals surface area contributed by atoms with Crippen LogP contribution in [0.25, 0.3) is 28.2 Å². The molecule has 0 spiro atoms. The molecule has 1 N–H and O–H groups in total. The van der Waals surface area contributed by atoms with Gasteiger partial charge in [-0.2, -0.15) is 31.4 Å². The first-order valence-corrected chi connectivity index (χ1v) is 34.3. The Bertz CT molecular complexity index is 4840. The first-order valence-electron chi connectivity index (χ1n) is 34.3. The van der Waals surface area contributed by atoms with E-state index in [4.69, 9.17) is 4.98 Å². The van der Waals surface area contributed by atoms with E-state index in [0.29, 0.717) is 63.6 Å². The number of hydrogen-bond donors (Lipinski definition) is 1. The van der Waals surface area contributed by atoms with E-state index in [1.807, 2.05) is 86.3 Å². The molecular formula is C82H80F6N12O3. The van der Waals surface area contributed by atoms with Gasteiger partial charge in [-0.25, -0.2) is 34.4 Å². The van der Waals surface area contributed by atoms with E-state index in [9.17, 15) is 41.0 Å². The quantitative estimate of drug-likeness (QED) is 0.0489. The number of aromatic hydroxyl groups is 1. The Labute approximate surface area is 595 Å². The molecule has 2 aliphatic heterocycles. The van der Waals surface area contributed by atoms with E-state index in [-0.39, 0.29) is 54.2 Å². The van der Waals surface area contributed by atoms with E-state index in [0.717, 1.165) is 121 Å². The zero-order valence-corrected chi connectivity index (χ0v) is 58.4. The van der Waals surface area contributed by atoms with Gasteiger partial charge in [0.25, 0.3) is 0 Å². The van der Waals surface area contributed by atoms with Gasteiger partial charge in [0, 0.05) is 124 Å². The fourth-order valence-corrected chi connectivity index (χ4v) is 12.7. The standard InChI is InChI=1S/C31H30F3N5O.C30H28F3N5O.C21H22N2O/c1-20-8-10-39(17-20)18-24-6-5-23(13-27(24)31(32,33)34)29(40)12-22-4-3-21(2)25(11-22)14-30-37-9-7-28(38-30)26-15-35-19-36-16-26;1-21-5-7-24(18-23(21)9-10-26-19-34-29-4-3-11-35-38(26)29)28(39)17-22-6-8-25(27(16-22)30(31,32)33)20-37-14-12-36(2)13-15-37;1-3-16(17-7-5-4-6-8-17)12-19-13-22-14-20(23-19)18-9-10-21(24)15(2)11-18/h3-7,9,11,13,15-16,19-20H,8,10,12,14,17-18H2,1-2H3;3-8,11,16,18-19H,12-15,17,20H2,1-2H3;4-11,13-14,16,24H,3,12H2,1-2H3/t20-;;/m1../s1. The molecule has 2 aliphatic rings. The third kappa shape index (κ3) is 19.7. The number of likely N-dealkylation sites (tertiary alicyclic amines) is 1. The largest absolute Gasteiger partial charge is 0.508 e. The molecule has 528 valence electrons. The van der Waals surface area contributed by atoms with Crippen molar-refractivity contribution in [3.05, 3.63) is 284 Å². The maximum absolute atomic E-state index is 14.0. The summed E-state index contributed by atoms with van der Waals surface area (Å²) in [5.41, 5.74) is 11.8. The van der Waals surface area contributed by atoms with E-state index >= 15 is 0 Å². The number of benzene rings is 6. The summed E-state index contributed by atoms with van der Waals surface area (Å²) in [7, 11) is 2.01. The number of carbonyl (C=O) groups is 2. The molecular weight excluding hydrogens is 1310 g/mol. The van der Waals surface area contributed by atoms with E-state index in [1.165, 1.54) is 30.1 Å². The average molecular weight is 1400 g/mol. The van der Waals surface area contributed by atoms with Crippen molar-refractivity contribution in [3.63, 3.8) is 0 Å². The monoisotopic (exact) mass is 1390 g/mol. The molecule has 2 atom stereocenters. The summed E-state index contributed by atoms with van der Waals surface area (Å²) in [6.45, 7) is 15.2. The number of aromatic nitrogens is 9. The number of Topliss-reactive ketones (excluding diaryl/α,β-unsaturated/α-hetero) is 2. The first-order chi connectivity index (χ1) is 49.5. The molecule has 2 fully saturated rings. The summed E-state index contributed by atoms with van der Waals surface area (Å²) in [4.78, 5) is 63.0. The molecule has 13 rings (SSSR count). The highest BCUT2D eigenvalue weighted by Gasteiger charge is 2.36. The van der Waals surface area contributed by atoms with Crippen LogP contribution in [0.5, 0.6) is 5.75 Å². The number of rotatable bonds is 18. The van der Waals surface area contributed by atoms with Gasteiger partial charge in [-0.15, -0.1) is 0 Å². The predicted octanol–water partition coefficient (Wildman–Crippen LogP) is 15.6. The number of phenolic OH excluding ortho intramolecular Hbond substituents is 1. The van der Waals surface area contributed by atoms with Crippen LogP contribution in [0.15, 0.2) is 189 Å². The molecule has 6 aromatic carbocycles. The molecule has 0 radical (unpaired) electrons. The SMILES string of the molecule is CCC(Cc1cncc(-c2ccc(O)c(C)c2)n1)c1ccccc1.Cc1ccc(C(=O)Cc2ccc(CN3CCN(C)CC3)c(C(F)(F)F)c2)cc1C#Cc1cnc2cccnn12.Cc1ccc(CC(=O)c2ccc(CN3CC[C@@H](C)C3)c(C(F)(F)F)c2)cc1Cc1nccc(-c2cncnc2)n1. The lowest BCUT2D eigenvalue weighted by Crippen LogP contribution is -2.44. The molecule has 15 nitrogen and oxygen atoms in total. The number of carbonyl (C=O) groups excluding carboxylic acids is 2. The molecule has 103 heavy (non-hydrogen) atoms.